The van der Waals surface area contributed by atoms with Crippen molar-refractivity contribution in [3.05, 3.63) is 20.8 Å². The minimum atomic E-state index is -2.99. The van der Waals surface area contributed by atoms with E-state index in [9.17, 15) is 8.42 Å². The topological polar surface area (TPSA) is 60.2 Å². The second-order valence-electron chi connectivity index (χ2n) is 2.93. The average Bonchev–Trinajstić information content (AvgIpc) is 2.48. The van der Waals surface area contributed by atoms with Crippen molar-refractivity contribution in [1.29, 1.82) is 0 Å². The van der Waals surface area contributed by atoms with Crippen LogP contribution < -0.4 is 5.73 Å². The Labute approximate surface area is 96.4 Å². The van der Waals surface area contributed by atoms with Gasteiger partial charge in [-0.1, -0.05) is 0 Å². The van der Waals surface area contributed by atoms with Crippen LogP contribution in [0.5, 0.6) is 0 Å². The molecule has 6 heteroatoms. The van der Waals surface area contributed by atoms with E-state index < -0.39 is 9.84 Å². The lowest BCUT2D eigenvalue weighted by molar-refractivity contribution is 0.593. The zero-order valence-corrected chi connectivity index (χ0v) is 10.8. The van der Waals surface area contributed by atoms with Gasteiger partial charge < -0.3 is 5.73 Å². The molecule has 0 bridgehead atoms. The second-order valence-corrected chi connectivity index (χ2v) is 6.97. The molecule has 0 aliphatic carbocycles. The standard InChI is InChI=1S/C8H12BrNO2S2/c9-7-2-4-13-8(7)6-14(11,12)5-1-3-10/h2,4H,1,3,5-6,10H2. The van der Waals surface area contributed by atoms with Crippen molar-refractivity contribution in [1.82, 2.24) is 0 Å². The molecule has 1 aromatic heterocycles. The molecule has 2 N–H and O–H groups in total. The maximum Gasteiger partial charge on any atom is 0.155 e. The number of nitrogens with two attached hydrogens (primary N) is 1. The lowest BCUT2D eigenvalue weighted by atomic mass is 10.5. The van der Waals surface area contributed by atoms with Gasteiger partial charge in [-0.25, -0.2) is 8.42 Å². The van der Waals surface area contributed by atoms with Gasteiger partial charge >= 0.3 is 0 Å². The second kappa shape index (κ2) is 5.25. The predicted molar refractivity (Wildman–Crippen MR) is 63.2 cm³/mol. The molecule has 14 heavy (non-hydrogen) atoms. The first-order chi connectivity index (χ1) is 6.55. The summed E-state index contributed by atoms with van der Waals surface area (Å²) in [7, 11) is -2.99. The zero-order chi connectivity index (χ0) is 10.6. The minimum Gasteiger partial charge on any atom is -0.330 e. The predicted octanol–water partition coefficient (Wildman–Crippen LogP) is 1.77. The first-order valence-electron chi connectivity index (χ1n) is 4.17. The first-order valence-corrected chi connectivity index (χ1v) is 7.67. The van der Waals surface area contributed by atoms with Gasteiger partial charge in [-0.3, -0.25) is 0 Å². The van der Waals surface area contributed by atoms with Crippen LogP contribution >= 0.6 is 27.3 Å². The van der Waals surface area contributed by atoms with E-state index in [1.54, 1.807) is 0 Å². The molecule has 0 radical (unpaired) electrons. The molecule has 3 nitrogen and oxygen atoms in total. The molecule has 0 atom stereocenters. The van der Waals surface area contributed by atoms with E-state index in [4.69, 9.17) is 5.73 Å². The quantitative estimate of drug-likeness (QED) is 0.901. The van der Waals surface area contributed by atoms with Gasteiger partial charge in [0.1, 0.15) is 0 Å². The van der Waals surface area contributed by atoms with Crippen molar-refractivity contribution in [2.24, 2.45) is 5.73 Å². The maximum atomic E-state index is 11.5. The van der Waals surface area contributed by atoms with Gasteiger partial charge in [0.25, 0.3) is 0 Å². The fraction of sp³-hybridized carbons (Fsp3) is 0.500. The number of hydrogen-bond acceptors (Lipinski definition) is 4. The fourth-order valence-corrected chi connectivity index (χ4v) is 4.58. The molecule has 0 aromatic carbocycles. The summed E-state index contributed by atoms with van der Waals surface area (Å²) in [4.78, 5) is 0.863. The van der Waals surface area contributed by atoms with Crippen molar-refractivity contribution in [2.45, 2.75) is 12.2 Å². The Morgan fingerprint density at radius 1 is 1.50 bits per heavy atom. The lowest BCUT2D eigenvalue weighted by Crippen LogP contribution is -2.12. The molecule has 0 saturated carbocycles. The third-order valence-corrected chi connectivity index (χ3v) is 5.45. The van der Waals surface area contributed by atoms with Gasteiger partial charge in [-0.2, -0.15) is 0 Å². The molecule has 80 valence electrons. The fourth-order valence-electron chi connectivity index (χ4n) is 1.00. The Hall–Kier alpha value is 0.0900. The molecule has 0 amide bonds. The van der Waals surface area contributed by atoms with Crippen LogP contribution in [-0.2, 0) is 15.6 Å². The van der Waals surface area contributed by atoms with Crippen LogP contribution in [0, 0.1) is 0 Å². The largest absolute Gasteiger partial charge is 0.330 e. The molecule has 1 aromatic rings. The van der Waals surface area contributed by atoms with Crippen molar-refractivity contribution in [3.63, 3.8) is 0 Å². The smallest absolute Gasteiger partial charge is 0.155 e. The monoisotopic (exact) mass is 297 g/mol. The Kier molecular flexibility index (Phi) is 4.56. The van der Waals surface area contributed by atoms with Crippen LogP contribution in [0.2, 0.25) is 0 Å². The van der Waals surface area contributed by atoms with Crippen molar-refractivity contribution in [2.75, 3.05) is 12.3 Å². The minimum absolute atomic E-state index is 0.116. The van der Waals surface area contributed by atoms with E-state index in [0.717, 1.165) is 9.35 Å². The first kappa shape index (κ1) is 12.2. The SMILES string of the molecule is NCCCS(=O)(=O)Cc1sccc1Br. The molecule has 0 spiro atoms. The van der Waals surface area contributed by atoms with Crippen LogP contribution in [0.25, 0.3) is 0 Å². The Morgan fingerprint density at radius 3 is 2.71 bits per heavy atom. The van der Waals surface area contributed by atoms with E-state index in [0.29, 0.717) is 13.0 Å². The van der Waals surface area contributed by atoms with E-state index in [-0.39, 0.29) is 11.5 Å². The van der Waals surface area contributed by atoms with Gasteiger partial charge in [-0.05, 0) is 40.3 Å². The van der Waals surface area contributed by atoms with Crippen LogP contribution in [0.3, 0.4) is 0 Å². The van der Waals surface area contributed by atoms with Gasteiger partial charge in [0.2, 0.25) is 0 Å². The summed E-state index contributed by atoms with van der Waals surface area (Å²) >= 11 is 4.76. The van der Waals surface area contributed by atoms with Gasteiger partial charge in [0, 0.05) is 9.35 Å². The molecule has 0 saturated heterocycles. The number of rotatable bonds is 5. The number of thiophene rings is 1. The summed E-state index contributed by atoms with van der Waals surface area (Å²) in [5, 5.41) is 1.87. The summed E-state index contributed by atoms with van der Waals surface area (Å²) in [5.74, 6) is 0.291. The molecular weight excluding hydrogens is 286 g/mol. The highest BCUT2D eigenvalue weighted by atomic mass is 79.9. The molecular formula is C8H12BrNO2S2. The van der Waals surface area contributed by atoms with Crippen LogP contribution in [0.1, 0.15) is 11.3 Å². The van der Waals surface area contributed by atoms with E-state index in [1.165, 1.54) is 11.3 Å². The summed E-state index contributed by atoms with van der Waals surface area (Å²) in [6, 6.07) is 1.86. The normalized spacial score (nSPS) is 11.9. The summed E-state index contributed by atoms with van der Waals surface area (Å²) in [5.41, 5.74) is 5.27. The lowest BCUT2D eigenvalue weighted by Gasteiger charge is -2.01. The highest BCUT2D eigenvalue weighted by Gasteiger charge is 2.14. The zero-order valence-electron chi connectivity index (χ0n) is 7.57. The van der Waals surface area contributed by atoms with E-state index in [1.807, 2.05) is 11.4 Å². The number of sulfone groups is 1. The van der Waals surface area contributed by atoms with Crippen molar-refractivity contribution >= 4 is 37.1 Å². The Balaban J connectivity index is 2.64. The van der Waals surface area contributed by atoms with Crippen LogP contribution in [-0.4, -0.2) is 20.7 Å². The third-order valence-electron chi connectivity index (χ3n) is 1.70. The van der Waals surface area contributed by atoms with E-state index >= 15 is 0 Å². The summed E-state index contributed by atoms with van der Waals surface area (Å²) in [6.07, 6.45) is 0.533. The molecule has 0 aliphatic rings. The van der Waals surface area contributed by atoms with Gasteiger partial charge in [0.15, 0.2) is 9.84 Å². The maximum absolute atomic E-state index is 11.5. The summed E-state index contributed by atoms with van der Waals surface area (Å²) in [6.45, 7) is 0.421. The Morgan fingerprint density at radius 2 is 2.21 bits per heavy atom. The molecule has 1 heterocycles. The molecule has 0 fully saturated rings. The summed E-state index contributed by atoms with van der Waals surface area (Å²) < 4.78 is 24.0. The van der Waals surface area contributed by atoms with Gasteiger partial charge in [-0.15, -0.1) is 11.3 Å². The Bertz CT molecular complexity index is 386. The molecule has 0 unspecified atom stereocenters. The highest BCUT2D eigenvalue weighted by molar-refractivity contribution is 9.10. The van der Waals surface area contributed by atoms with Crippen LogP contribution in [0.15, 0.2) is 15.9 Å². The van der Waals surface area contributed by atoms with Crippen molar-refractivity contribution in [3.8, 4) is 0 Å². The molecule has 0 aliphatic heterocycles. The number of hydrogen-bond donors (Lipinski definition) is 1. The third kappa shape index (κ3) is 3.68. The van der Waals surface area contributed by atoms with Crippen LogP contribution in [0.4, 0.5) is 0 Å². The molecule has 1 rings (SSSR count). The van der Waals surface area contributed by atoms with E-state index in [2.05, 4.69) is 15.9 Å². The van der Waals surface area contributed by atoms with Crippen molar-refractivity contribution < 1.29 is 8.42 Å². The number of halogens is 1. The average molecular weight is 298 g/mol. The highest BCUT2D eigenvalue weighted by Crippen LogP contribution is 2.24. The van der Waals surface area contributed by atoms with Gasteiger partial charge in [0.05, 0.1) is 11.5 Å².